The first-order valence-electron chi connectivity index (χ1n) is 47.9. The molecule has 12 heterocycles. The summed E-state index contributed by atoms with van der Waals surface area (Å²) in [7, 11) is 1.85. The van der Waals surface area contributed by atoms with Crippen LogP contribution in [-0.4, -0.2) is 198 Å². The minimum Gasteiger partial charge on any atom is -0.339 e. The summed E-state index contributed by atoms with van der Waals surface area (Å²) in [6, 6.07) is 31.4. The minimum atomic E-state index is -2.79. The van der Waals surface area contributed by atoms with Crippen LogP contribution in [-0.2, 0) is 67.4 Å². The molecule has 0 radical (unpaired) electrons. The van der Waals surface area contributed by atoms with Crippen LogP contribution in [0.2, 0.25) is 0 Å². The lowest BCUT2D eigenvalue weighted by Gasteiger charge is -2.31. The Labute approximate surface area is 861 Å². The van der Waals surface area contributed by atoms with Gasteiger partial charge < -0.3 is 4.52 Å². The topological polar surface area (TPSA) is 415 Å². The van der Waals surface area contributed by atoms with Gasteiger partial charge in [0.25, 0.3) is 72.7 Å². The van der Waals surface area contributed by atoms with Crippen LogP contribution in [0.15, 0.2) is 126 Å². The Hall–Kier alpha value is -14.1. The molecular formula is C104H118F9N20O15S+. The third kappa shape index (κ3) is 28.5. The zero-order valence-corrected chi connectivity index (χ0v) is 86.1. The number of nitriles is 5. The molecule has 792 valence electrons. The predicted octanol–water partition coefficient (Wildman–Crippen LogP) is 19.8. The molecule has 1 aliphatic carbocycles. The standard InChI is InChI=1S/C19H21F2N3O3.C16H16FN3O2.C15H15N3O2.C14H15F2N3O2.C14H20N3O2.C13H17F2N3O2.C13H14F2N2O2S/c1-19(2,17(20)21)18(25)24-14(9-10-26-24)11-3-5-12(6-4-11)15-22-16(27-23-15)13-7-8-13;1-16(2,5-6-18)15(21)20-14(4-7-22-20)11-8-12(17)10-13(9-11)19-3;1-11(6-8-16)15(19)18-14(7-9-20-18)13-4-2-12(10-17)3-5-13;1-14(2,12(15)16)13(20)19-11(4-5-21-19)9-6-10(17-3)8-18-7-9;1-14(2,3)13(18)17-12(5-6-19-17)10-7-11(8-15)16(4)9-10;1-8-6-16-7-9(17-8)10-4-5-20-18(10)12(19)13(2,3)11(14)15;1-13(2,11(14)15)12(18)17-9(5-6-19-17)10-4-3-8(7-16)20-10/h3-6,13-14,17H,7-10H2,1-2H3;8-10,14H,4-5,7H2,1-2H3;2-5,11,14H,6-7,9H2,1H3;6-8,11-12H,4-5H2,1-2H3;7,9-10,12H,5-6H2,1-4H3;6-7,10-11H,4-5H2,1-3H3;3-4,9,11H,5-6H2,1-2H3/q;;;;+1;;/t2*14-;11-,14+;11-;10?,12-;10-;9-/m0010000/s1. The number of carbonyl (C=O) groups is 7. The largest absolute Gasteiger partial charge is 0.339 e. The molecule has 149 heavy (non-hydrogen) atoms. The van der Waals surface area contributed by atoms with Crippen molar-refractivity contribution in [2.75, 3.05) is 53.3 Å². The van der Waals surface area contributed by atoms with Crippen LogP contribution in [0.5, 0.6) is 0 Å². The van der Waals surface area contributed by atoms with E-state index in [1.807, 2.05) is 99.3 Å². The second-order valence-electron chi connectivity index (χ2n) is 40.2. The number of nitrogens with zero attached hydrogens (tertiary/aromatic N) is 20. The van der Waals surface area contributed by atoms with Crippen molar-refractivity contribution in [3.63, 3.8) is 0 Å². The highest BCUT2D eigenvalue weighted by molar-refractivity contribution is 7.12. The van der Waals surface area contributed by atoms with Crippen molar-refractivity contribution in [3.8, 4) is 41.7 Å². The molecule has 0 bridgehead atoms. The minimum absolute atomic E-state index is 0.00939. The van der Waals surface area contributed by atoms with Crippen molar-refractivity contribution < 1.29 is 116 Å². The van der Waals surface area contributed by atoms with Crippen molar-refractivity contribution in [3.05, 3.63) is 205 Å². The highest BCUT2D eigenvalue weighted by atomic mass is 32.1. The molecule has 7 aromatic rings. The maximum Gasteiger partial charge on any atom is 0.279 e. The van der Waals surface area contributed by atoms with Gasteiger partial charge in [0.2, 0.25) is 17.4 Å². The summed E-state index contributed by atoms with van der Waals surface area (Å²) in [5.41, 5.74) is -1.85. The van der Waals surface area contributed by atoms with Gasteiger partial charge in [0, 0.05) is 97.8 Å². The van der Waals surface area contributed by atoms with Crippen LogP contribution in [0.1, 0.15) is 265 Å². The van der Waals surface area contributed by atoms with E-state index in [1.165, 1.54) is 107 Å². The average Bonchev–Trinajstić information content (AvgIpc) is 1.84. The van der Waals surface area contributed by atoms with E-state index >= 15 is 0 Å². The Kier molecular flexibility index (Phi) is 39.8. The lowest BCUT2D eigenvalue weighted by Crippen LogP contribution is -2.44. The van der Waals surface area contributed by atoms with E-state index in [-0.39, 0.29) is 66.8 Å². The van der Waals surface area contributed by atoms with Gasteiger partial charge >= 0.3 is 0 Å². The van der Waals surface area contributed by atoms with Gasteiger partial charge in [-0.2, -0.15) is 35.9 Å². The van der Waals surface area contributed by atoms with Crippen molar-refractivity contribution in [1.29, 1.82) is 26.3 Å². The van der Waals surface area contributed by atoms with Crippen LogP contribution >= 0.6 is 11.3 Å². The predicted molar refractivity (Wildman–Crippen MR) is 515 cm³/mol. The molecule has 3 aromatic carbocycles. The zero-order chi connectivity index (χ0) is 110. The molecule has 9 aliphatic rings. The Morgan fingerprint density at radius 1 is 0.483 bits per heavy atom. The summed E-state index contributed by atoms with van der Waals surface area (Å²) >= 11 is 1.25. The average molecular weight is 2090 g/mol. The van der Waals surface area contributed by atoms with Gasteiger partial charge in [-0.05, 0) is 160 Å². The Morgan fingerprint density at radius 3 is 1.40 bits per heavy atom. The first kappa shape index (κ1) is 117. The smallest absolute Gasteiger partial charge is 0.279 e. The molecule has 4 aromatic heterocycles. The van der Waals surface area contributed by atoms with Gasteiger partial charge in [-0.1, -0.05) is 75.3 Å². The first-order valence-corrected chi connectivity index (χ1v) is 48.7. The van der Waals surface area contributed by atoms with Gasteiger partial charge in [0.1, 0.15) is 51.5 Å². The number of amides is 7. The second-order valence-corrected chi connectivity index (χ2v) is 41.3. The number of benzene rings is 3. The van der Waals surface area contributed by atoms with E-state index in [1.54, 1.807) is 70.3 Å². The molecule has 0 spiro atoms. The lowest BCUT2D eigenvalue weighted by molar-refractivity contribution is -0.429. The van der Waals surface area contributed by atoms with Crippen LogP contribution in [0.25, 0.3) is 21.1 Å². The third-order valence-corrected chi connectivity index (χ3v) is 26.7. The normalized spacial score (nSPS) is 20.3. The number of pyridine rings is 1. The van der Waals surface area contributed by atoms with Crippen molar-refractivity contribution in [2.45, 2.75) is 248 Å². The number of hydrogen-bond acceptors (Lipinski definition) is 26. The monoisotopic (exact) mass is 2090 g/mol. The number of allylic oxidation sites excluding steroid dienone is 1. The molecule has 1 saturated carbocycles. The Balaban J connectivity index is 0.000000178. The number of aromatic nitrogens is 5. The molecule has 8 fully saturated rings. The zero-order valence-electron chi connectivity index (χ0n) is 85.2. The quantitative estimate of drug-likeness (QED) is 0.0366. The van der Waals surface area contributed by atoms with Gasteiger partial charge in [-0.15, -0.1) is 11.3 Å². The SMILES string of the molecule is CC(C)(C(=O)N1OCC[C@H]1c1ccc(-c2noc(C3CC3)n2)cc1)C(F)F.CC(C)(C(=O)N1OCC[C@H]1c1ccc(C#N)s1)C(F)F.C[C@H](CC#N)C(=O)N1OCC[C@H]1c1ccc(C#N)cc1.C[N+]1=CC([C@@H]2CCON2C(=O)C(C)(C)C)C=C1C#N.Cc1cncc([C@@H]2CCON2C(=O)C(C)(C)C(F)F)n1.[C-]#[N+]c1cc(F)cc([C@@H]2CCON2C(=O)C(C)(C)CC#N)c1.[C-]#[N+]c1cncc([C@@H]2CCON2C(=O)C(C)(C)C(F)F)c1. The molecule has 16 rings (SSSR count). The molecular weight excluding hydrogens is 1970 g/mol. The fraction of sp³-hybridized carbons (Fsp3) is 0.519. The fourth-order valence-corrected chi connectivity index (χ4v) is 16.9. The van der Waals surface area contributed by atoms with E-state index < -0.39 is 118 Å². The Morgan fingerprint density at radius 2 is 0.933 bits per heavy atom. The summed E-state index contributed by atoms with van der Waals surface area (Å²) in [4.78, 5) is 148. The summed E-state index contributed by atoms with van der Waals surface area (Å²) in [6.45, 7) is 38.7. The van der Waals surface area contributed by atoms with E-state index in [0.29, 0.717) is 134 Å². The lowest BCUT2D eigenvalue weighted by atomic mass is 9.88. The fourth-order valence-electron chi connectivity index (χ4n) is 15.9. The van der Waals surface area contributed by atoms with Crippen molar-refractivity contribution in [2.24, 2.45) is 44.3 Å². The van der Waals surface area contributed by atoms with E-state index in [4.69, 9.17) is 77.8 Å². The number of thiophene rings is 1. The molecule has 45 heteroatoms. The molecule has 7 amide bonds. The number of halogens is 9. The van der Waals surface area contributed by atoms with Crippen LogP contribution < -0.4 is 0 Å². The highest BCUT2D eigenvalue weighted by Crippen LogP contribution is 2.46. The van der Waals surface area contributed by atoms with Gasteiger partial charge in [-0.3, -0.25) is 82.4 Å². The molecule has 9 atom stereocenters. The molecule has 8 aliphatic heterocycles. The molecule has 1 unspecified atom stereocenters. The van der Waals surface area contributed by atoms with Gasteiger partial charge in [0.05, 0.1) is 154 Å². The number of hydrogen-bond donors (Lipinski definition) is 0. The number of carbonyl (C=O) groups excluding carboxylic acids is 7. The third-order valence-electron chi connectivity index (χ3n) is 25.6. The van der Waals surface area contributed by atoms with Crippen LogP contribution in [0.3, 0.4) is 0 Å². The summed E-state index contributed by atoms with van der Waals surface area (Å²) < 4.78 is 125. The number of hydroxylamine groups is 14. The van der Waals surface area contributed by atoms with Crippen LogP contribution in [0.4, 0.5) is 50.9 Å². The highest BCUT2D eigenvalue weighted by Gasteiger charge is 2.52. The van der Waals surface area contributed by atoms with Gasteiger partial charge in [-0.25, -0.2) is 84.6 Å². The van der Waals surface area contributed by atoms with Gasteiger partial charge in [0.15, 0.2) is 18.0 Å². The van der Waals surface area contributed by atoms with Crippen LogP contribution in [0, 0.1) is 127 Å². The number of aryl methyl sites for hydroxylation is 1. The summed E-state index contributed by atoms with van der Waals surface area (Å²) in [5.74, 6) is -2.70. The van der Waals surface area contributed by atoms with Crippen molar-refractivity contribution in [1.82, 2.24) is 60.5 Å². The van der Waals surface area contributed by atoms with E-state index in [2.05, 4.69) is 46.9 Å². The molecule has 35 nitrogen and oxygen atoms in total. The Bertz CT molecular complexity index is 6310. The molecule has 7 saturated heterocycles. The summed E-state index contributed by atoms with van der Waals surface area (Å²) in [5, 5.41) is 56.4. The molecule has 0 N–H and O–H groups in total. The van der Waals surface area contributed by atoms with E-state index in [0.717, 1.165) is 73.6 Å². The van der Waals surface area contributed by atoms with E-state index in [9.17, 15) is 73.1 Å². The summed E-state index contributed by atoms with van der Waals surface area (Å²) in [6.07, 6.45) is 5.38. The maximum atomic E-state index is 13.6. The number of rotatable bonds is 21. The first-order chi connectivity index (χ1) is 70.4. The van der Waals surface area contributed by atoms with Crippen molar-refractivity contribution >= 4 is 70.3 Å². The maximum absolute atomic E-state index is 13.6. The number of alkyl halides is 8. The second kappa shape index (κ2) is 50.8.